The van der Waals surface area contributed by atoms with Crippen molar-refractivity contribution in [2.45, 2.75) is 51.2 Å². The van der Waals surface area contributed by atoms with Gasteiger partial charge < -0.3 is 15.8 Å². The number of rotatable bonds is 8. The summed E-state index contributed by atoms with van der Waals surface area (Å²) in [7, 11) is 0. The molecular formula is C25H34N4O. The van der Waals surface area contributed by atoms with E-state index >= 15 is 0 Å². The van der Waals surface area contributed by atoms with Gasteiger partial charge in [0.2, 0.25) is 0 Å². The van der Waals surface area contributed by atoms with Crippen LogP contribution in [-0.2, 0) is 24.1 Å². The van der Waals surface area contributed by atoms with E-state index in [-0.39, 0.29) is 0 Å². The lowest BCUT2D eigenvalue weighted by Gasteiger charge is -2.31. The Morgan fingerprint density at radius 3 is 2.70 bits per heavy atom. The number of nitrogens with zero attached hydrogens (tertiary/aromatic N) is 2. The Morgan fingerprint density at radius 2 is 1.87 bits per heavy atom. The zero-order valence-electron chi connectivity index (χ0n) is 17.9. The maximum Gasteiger partial charge on any atom is 0.193 e. The molecule has 0 bridgehead atoms. The highest BCUT2D eigenvalue weighted by molar-refractivity contribution is 5.92. The number of anilines is 1. The molecule has 3 N–H and O–H groups in total. The number of aryl methyl sites for hydroxylation is 2. The van der Waals surface area contributed by atoms with Crippen LogP contribution in [0.1, 0.15) is 42.4 Å². The molecule has 0 aromatic heterocycles. The lowest BCUT2D eigenvalue weighted by molar-refractivity contribution is 0.00566. The first-order valence-corrected chi connectivity index (χ1v) is 11.3. The SMILES string of the molecule is NC(=NCCCOC1CCN(Cc2ccccc2)CC1)Nc1ccc2c(c1)CCC2. The van der Waals surface area contributed by atoms with Crippen LogP contribution >= 0.6 is 0 Å². The number of guanidine groups is 1. The molecule has 0 radical (unpaired) electrons. The standard InChI is InChI=1S/C25H34N4O/c26-25(28-23-11-10-21-8-4-9-22(21)18-23)27-14-5-17-30-24-12-15-29(16-13-24)19-20-6-2-1-3-7-20/h1-3,6-7,10-11,18,24H,4-5,8-9,12-17,19H2,(H3,26,27,28). The fourth-order valence-electron chi connectivity index (χ4n) is 4.43. The van der Waals surface area contributed by atoms with Crippen molar-refractivity contribution in [3.63, 3.8) is 0 Å². The highest BCUT2D eigenvalue weighted by Crippen LogP contribution is 2.24. The second-order valence-corrected chi connectivity index (χ2v) is 8.41. The van der Waals surface area contributed by atoms with Crippen molar-refractivity contribution in [3.05, 3.63) is 65.2 Å². The van der Waals surface area contributed by atoms with E-state index < -0.39 is 0 Å². The molecule has 0 unspecified atom stereocenters. The van der Waals surface area contributed by atoms with Crippen LogP contribution in [-0.4, -0.2) is 43.2 Å². The average molecular weight is 407 g/mol. The number of aliphatic imine (C=N–C) groups is 1. The first-order chi connectivity index (χ1) is 14.8. The molecule has 1 saturated heterocycles. The fourth-order valence-corrected chi connectivity index (χ4v) is 4.43. The molecule has 2 aromatic rings. The van der Waals surface area contributed by atoms with E-state index in [0.29, 0.717) is 18.6 Å². The summed E-state index contributed by atoms with van der Waals surface area (Å²) in [6.45, 7) is 4.69. The average Bonchev–Trinajstić information content (AvgIpc) is 3.23. The van der Waals surface area contributed by atoms with Crippen molar-refractivity contribution in [1.29, 1.82) is 0 Å². The summed E-state index contributed by atoms with van der Waals surface area (Å²) in [5.41, 5.74) is 11.4. The van der Waals surface area contributed by atoms with Crippen molar-refractivity contribution in [2.75, 3.05) is 31.6 Å². The van der Waals surface area contributed by atoms with Crippen molar-refractivity contribution in [2.24, 2.45) is 10.7 Å². The third-order valence-electron chi connectivity index (χ3n) is 6.09. The van der Waals surface area contributed by atoms with Gasteiger partial charge in [0.15, 0.2) is 5.96 Å². The van der Waals surface area contributed by atoms with Crippen molar-refractivity contribution in [1.82, 2.24) is 4.90 Å². The smallest absolute Gasteiger partial charge is 0.193 e. The molecule has 1 aliphatic carbocycles. The normalized spacial score (nSPS) is 17.8. The zero-order chi connectivity index (χ0) is 20.6. The molecule has 1 heterocycles. The van der Waals surface area contributed by atoms with Crippen molar-refractivity contribution in [3.8, 4) is 0 Å². The van der Waals surface area contributed by atoms with Gasteiger partial charge in [-0.15, -0.1) is 0 Å². The van der Waals surface area contributed by atoms with Gasteiger partial charge in [0.05, 0.1) is 6.10 Å². The Kier molecular flexibility index (Phi) is 7.38. The van der Waals surface area contributed by atoms with Gasteiger partial charge in [0.1, 0.15) is 0 Å². The summed E-state index contributed by atoms with van der Waals surface area (Å²) in [5.74, 6) is 0.488. The van der Waals surface area contributed by atoms with Crippen LogP contribution in [0.25, 0.3) is 0 Å². The van der Waals surface area contributed by atoms with Gasteiger partial charge in [0, 0.05) is 38.5 Å². The van der Waals surface area contributed by atoms with Gasteiger partial charge >= 0.3 is 0 Å². The molecular weight excluding hydrogens is 372 g/mol. The van der Waals surface area contributed by atoms with E-state index in [0.717, 1.165) is 51.2 Å². The first-order valence-electron chi connectivity index (χ1n) is 11.3. The lowest BCUT2D eigenvalue weighted by atomic mass is 10.1. The summed E-state index contributed by atoms with van der Waals surface area (Å²) < 4.78 is 6.07. The predicted molar refractivity (Wildman–Crippen MR) is 124 cm³/mol. The van der Waals surface area contributed by atoms with Gasteiger partial charge in [-0.25, -0.2) is 0 Å². The molecule has 2 aliphatic rings. The summed E-state index contributed by atoms with van der Waals surface area (Å²) in [4.78, 5) is 6.97. The Bertz CT molecular complexity index is 828. The molecule has 1 fully saturated rings. The van der Waals surface area contributed by atoms with Crippen LogP contribution in [0, 0.1) is 0 Å². The second-order valence-electron chi connectivity index (χ2n) is 8.41. The van der Waals surface area contributed by atoms with Crippen LogP contribution in [0.15, 0.2) is 53.5 Å². The lowest BCUT2D eigenvalue weighted by Crippen LogP contribution is -2.36. The Labute approximate surface area is 180 Å². The van der Waals surface area contributed by atoms with Gasteiger partial charge in [-0.3, -0.25) is 9.89 Å². The maximum atomic E-state index is 6.07. The van der Waals surface area contributed by atoms with Crippen LogP contribution < -0.4 is 11.1 Å². The van der Waals surface area contributed by atoms with E-state index in [2.05, 4.69) is 63.7 Å². The largest absolute Gasteiger partial charge is 0.378 e. The third-order valence-corrected chi connectivity index (χ3v) is 6.09. The number of nitrogens with two attached hydrogens (primary N) is 1. The Hall–Kier alpha value is -2.37. The number of piperidine rings is 1. The topological polar surface area (TPSA) is 62.9 Å². The first kappa shape index (κ1) is 20.9. The molecule has 0 spiro atoms. The molecule has 1 aliphatic heterocycles. The second kappa shape index (κ2) is 10.6. The molecule has 5 heteroatoms. The van der Waals surface area contributed by atoms with E-state index in [4.69, 9.17) is 10.5 Å². The minimum atomic E-state index is 0.378. The van der Waals surface area contributed by atoms with Crippen molar-refractivity contribution >= 4 is 11.6 Å². The number of ether oxygens (including phenoxy) is 1. The zero-order valence-corrected chi connectivity index (χ0v) is 17.9. The third kappa shape index (κ3) is 6.07. The Morgan fingerprint density at radius 1 is 1.07 bits per heavy atom. The van der Waals surface area contributed by atoms with Gasteiger partial charge in [0.25, 0.3) is 0 Å². The quantitative estimate of drug-likeness (QED) is 0.396. The van der Waals surface area contributed by atoms with Crippen LogP contribution in [0.2, 0.25) is 0 Å². The van der Waals surface area contributed by atoms with Crippen LogP contribution in [0.3, 0.4) is 0 Å². The number of fused-ring (bicyclic) bond motifs is 1. The molecule has 5 nitrogen and oxygen atoms in total. The number of likely N-dealkylation sites (tertiary alicyclic amines) is 1. The molecule has 0 amide bonds. The Balaban J connectivity index is 1.10. The summed E-state index contributed by atoms with van der Waals surface area (Å²) in [6, 6.07) is 17.2. The number of nitrogens with one attached hydrogen (secondary N) is 1. The monoisotopic (exact) mass is 406 g/mol. The molecule has 160 valence electrons. The molecule has 0 saturated carbocycles. The van der Waals surface area contributed by atoms with E-state index in [1.165, 1.54) is 36.0 Å². The maximum absolute atomic E-state index is 6.07. The van der Waals surface area contributed by atoms with E-state index in [9.17, 15) is 0 Å². The molecule has 4 rings (SSSR count). The predicted octanol–water partition coefficient (Wildman–Crippen LogP) is 3.97. The summed E-state index contributed by atoms with van der Waals surface area (Å²) in [6.07, 6.45) is 7.12. The molecule has 2 aromatic carbocycles. The summed E-state index contributed by atoms with van der Waals surface area (Å²) >= 11 is 0. The van der Waals surface area contributed by atoms with Crippen molar-refractivity contribution < 1.29 is 4.74 Å². The molecule has 30 heavy (non-hydrogen) atoms. The highest BCUT2D eigenvalue weighted by Gasteiger charge is 2.19. The van der Waals surface area contributed by atoms with Gasteiger partial charge in [-0.05, 0) is 67.3 Å². The minimum absolute atomic E-state index is 0.378. The minimum Gasteiger partial charge on any atom is -0.378 e. The number of hydrogen-bond donors (Lipinski definition) is 2. The summed E-state index contributed by atoms with van der Waals surface area (Å²) in [5, 5.41) is 3.22. The molecule has 0 atom stereocenters. The van der Waals surface area contributed by atoms with E-state index in [1.807, 2.05) is 0 Å². The fraction of sp³-hybridized carbons (Fsp3) is 0.480. The highest BCUT2D eigenvalue weighted by atomic mass is 16.5. The van der Waals surface area contributed by atoms with Crippen LogP contribution in [0.4, 0.5) is 5.69 Å². The van der Waals surface area contributed by atoms with Crippen LogP contribution in [0.5, 0.6) is 0 Å². The van der Waals surface area contributed by atoms with Gasteiger partial charge in [-0.2, -0.15) is 0 Å². The number of hydrogen-bond acceptors (Lipinski definition) is 3. The van der Waals surface area contributed by atoms with E-state index in [1.54, 1.807) is 0 Å². The number of benzene rings is 2. The van der Waals surface area contributed by atoms with Gasteiger partial charge in [-0.1, -0.05) is 36.4 Å².